The van der Waals surface area contributed by atoms with Crippen molar-refractivity contribution in [2.45, 2.75) is 4.90 Å². The molecule has 5 nitrogen and oxygen atoms in total. The molecule has 0 fully saturated rings. The molecular weight excluding hydrogens is 238 g/mol. The monoisotopic (exact) mass is 257 g/mol. The second kappa shape index (κ2) is 5.37. The number of benzene rings is 1. The highest BCUT2D eigenvalue weighted by Gasteiger charge is 2.11. The summed E-state index contributed by atoms with van der Waals surface area (Å²) >= 11 is 0. The van der Waals surface area contributed by atoms with Gasteiger partial charge in [0.15, 0.2) is 9.84 Å². The molecule has 0 aromatic heterocycles. The van der Waals surface area contributed by atoms with E-state index in [2.05, 4.69) is 5.32 Å². The van der Waals surface area contributed by atoms with Gasteiger partial charge in [0, 0.05) is 26.4 Å². The third-order valence-corrected chi connectivity index (χ3v) is 3.65. The van der Waals surface area contributed by atoms with Crippen LogP contribution in [0.2, 0.25) is 0 Å². The number of nitrogens with zero attached hydrogens (tertiary/aromatic N) is 1. The average molecular weight is 257 g/mol. The zero-order valence-electron chi connectivity index (χ0n) is 10.4. The fourth-order valence-electron chi connectivity index (χ4n) is 1.51. The number of hydrogen-bond acceptors (Lipinski definition) is 5. The number of nitrogens with one attached hydrogen (secondary N) is 1. The van der Waals surface area contributed by atoms with E-state index in [0.29, 0.717) is 5.69 Å². The van der Waals surface area contributed by atoms with Gasteiger partial charge in [-0.1, -0.05) is 0 Å². The maximum Gasteiger partial charge on any atom is 0.175 e. The Morgan fingerprint density at radius 1 is 1.41 bits per heavy atom. The largest absolute Gasteiger partial charge is 0.397 e. The molecule has 0 heterocycles. The quantitative estimate of drug-likeness (QED) is 0.743. The predicted molar refractivity (Wildman–Crippen MR) is 71.2 cm³/mol. The molecule has 0 bridgehead atoms. The van der Waals surface area contributed by atoms with Crippen LogP contribution >= 0.6 is 0 Å². The number of hydrogen-bond donors (Lipinski definition) is 2. The van der Waals surface area contributed by atoms with Crippen molar-refractivity contribution >= 4 is 21.2 Å². The van der Waals surface area contributed by atoms with Crippen LogP contribution in [0.5, 0.6) is 0 Å². The first-order valence-electron chi connectivity index (χ1n) is 5.31. The second-order valence-corrected chi connectivity index (χ2v) is 6.03. The van der Waals surface area contributed by atoms with E-state index in [9.17, 15) is 8.42 Å². The Hall–Kier alpha value is -1.27. The molecule has 0 spiro atoms. The standard InChI is InChI=1S/C11H19N3O2S/c1-13-6-7-14(2)11-5-4-9(8-10(11)12)17(3,15)16/h4-5,8,13H,6-7,12H2,1-3H3. The number of anilines is 2. The predicted octanol–water partition coefficient (Wildman–Crippen LogP) is 0.328. The molecule has 0 saturated carbocycles. The molecule has 0 aliphatic rings. The lowest BCUT2D eigenvalue weighted by atomic mass is 10.2. The van der Waals surface area contributed by atoms with Crippen molar-refractivity contribution in [3.8, 4) is 0 Å². The fourth-order valence-corrected chi connectivity index (χ4v) is 2.17. The maximum atomic E-state index is 11.4. The summed E-state index contributed by atoms with van der Waals surface area (Å²) in [7, 11) is 0.603. The number of nitrogen functional groups attached to an aromatic ring is 1. The van der Waals surface area contributed by atoms with Crippen LogP contribution in [-0.2, 0) is 9.84 Å². The van der Waals surface area contributed by atoms with Gasteiger partial charge in [0.05, 0.1) is 16.3 Å². The van der Waals surface area contributed by atoms with E-state index < -0.39 is 9.84 Å². The normalized spacial score (nSPS) is 11.5. The Morgan fingerprint density at radius 2 is 2.06 bits per heavy atom. The smallest absolute Gasteiger partial charge is 0.175 e. The van der Waals surface area contributed by atoms with Gasteiger partial charge in [0.25, 0.3) is 0 Å². The van der Waals surface area contributed by atoms with Crippen molar-refractivity contribution in [2.75, 3.05) is 44.1 Å². The number of sulfone groups is 1. The van der Waals surface area contributed by atoms with Gasteiger partial charge in [0.1, 0.15) is 0 Å². The number of likely N-dealkylation sites (N-methyl/N-ethyl adjacent to an activating group) is 2. The van der Waals surface area contributed by atoms with Gasteiger partial charge in [-0.05, 0) is 25.2 Å². The molecule has 6 heteroatoms. The van der Waals surface area contributed by atoms with Crippen LogP contribution in [0.3, 0.4) is 0 Å². The minimum absolute atomic E-state index is 0.251. The summed E-state index contributed by atoms with van der Waals surface area (Å²) in [4.78, 5) is 2.23. The number of nitrogens with two attached hydrogens (primary N) is 1. The highest BCUT2D eigenvalue weighted by Crippen LogP contribution is 2.25. The Balaban J connectivity index is 2.98. The molecule has 3 N–H and O–H groups in total. The first-order chi connectivity index (χ1) is 7.86. The molecular formula is C11H19N3O2S. The Morgan fingerprint density at radius 3 is 2.53 bits per heavy atom. The molecule has 0 saturated heterocycles. The molecule has 0 aliphatic heterocycles. The first kappa shape index (κ1) is 13.8. The summed E-state index contributed by atoms with van der Waals surface area (Å²) in [6.07, 6.45) is 1.17. The lowest BCUT2D eigenvalue weighted by Gasteiger charge is -2.21. The Kier molecular flexibility index (Phi) is 4.36. The zero-order valence-corrected chi connectivity index (χ0v) is 11.2. The highest BCUT2D eigenvalue weighted by molar-refractivity contribution is 7.90. The van der Waals surface area contributed by atoms with E-state index in [1.54, 1.807) is 12.1 Å². The summed E-state index contributed by atoms with van der Waals surface area (Å²) in [5.41, 5.74) is 7.18. The lowest BCUT2D eigenvalue weighted by molar-refractivity contribution is 0.602. The molecule has 17 heavy (non-hydrogen) atoms. The summed E-state index contributed by atoms with van der Waals surface area (Å²) in [6, 6.07) is 4.82. The van der Waals surface area contributed by atoms with E-state index >= 15 is 0 Å². The van der Waals surface area contributed by atoms with Crippen molar-refractivity contribution in [3.63, 3.8) is 0 Å². The van der Waals surface area contributed by atoms with Gasteiger partial charge in [-0.3, -0.25) is 0 Å². The van der Waals surface area contributed by atoms with E-state index in [0.717, 1.165) is 18.8 Å². The van der Waals surface area contributed by atoms with Crippen molar-refractivity contribution in [2.24, 2.45) is 0 Å². The SMILES string of the molecule is CNCCN(C)c1ccc(S(C)(=O)=O)cc1N. The highest BCUT2D eigenvalue weighted by atomic mass is 32.2. The Labute approximate surface area is 103 Å². The van der Waals surface area contributed by atoms with Gasteiger partial charge in [-0.25, -0.2) is 8.42 Å². The van der Waals surface area contributed by atoms with Crippen LogP contribution in [0.4, 0.5) is 11.4 Å². The Bertz CT molecular complexity index is 485. The molecule has 0 atom stereocenters. The van der Waals surface area contributed by atoms with Gasteiger partial charge >= 0.3 is 0 Å². The summed E-state index contributed by atoms with van der Waals surface area (Å²) in [6.45, 7) is 1.64. The van der Waals surface area contributed by atoms with Crippen molar-refractivity contribution in [1.82, 2.24) is 5.32 Å². The van der Waals surface area contributed by atoms with Crippen LogP contribution in [0.25, 0.3) is 0 Å². The molecule has 0 amide bonds. The molecule has 0 aliphatic carbocycles. The van der Waals surface area contributed by atoms with Gasteiger partial charge in [0.2, 0.25) is 0 Å². The van der Waals surface area contributed by atoms with Crippen LogP contribution in [0, 0.1) is 0 Å². The summed E-state index contributed by atoms with van der Waals surface area (Å²) < 4.78 is 22.7. The minimum Gasteiger partial charge on any atom is -0.397 e. The molecule has 0 unspecified atom stereocenters. The topological polar surface area (TPSA) is 75.4 Å². The average Bonchev–Trinajstić information content (AvgIpc) is 2.24. The molecule has 0 radical (unpaired) electrons. The third kappa shape index (κ3) is 3.61. The summed E-state index contributed by atoms with van der Waals surface area (Å²) in [5.74, 6) is 0. The van der Waals surface area contributed by atoms with Crippen LogP contribution in [0.15, 0.2) is 23.1 Å². The van der Waals surface area contributed by atoms with Crippen LogP contribution in [-0.4, -0.2) is 41.9 Å². The molecule has 1 rings (SSSR count). The van der Waals surface area contributed by atoms with Gasteiger partial charge < -0.3 is 16.0 Å². The van der Waals surface area contributed by atoms with Crippen molar-refractivity contribution < 1.29 is 8.42 Å². The van der Waals surface area contributed by atoms with Crippen molar-refractivity contribution in [3.05, 3.63) is 18.2 Å². The third-order valence-electron chi connectivity index (χ3n) is 2.54. The molecule has 1 aromatic carbocycles. The minimum atomic E-state index is -3.20. The maximum absolute atomic E-state index is 11.4. The van der Waals surface area contributed by atoms with Crippen LogP contribution < -0.4 is 16.0 Å². The van der Waals surface area contributed by atoms with Crippen molar-refractivity contribution in [1.29, 1.82) is 0 Å². The zero-order chi connectivity index (χ0) is 13.1. The van der Waals surface area contributed by atoms with E-state index in [1.807, 2.05) is 19.0 Å². The summed E-state index contributed by atoms with van der Waals surface area (Å²) in [5, 5.41) is 3.05. The van der Waals surface area contributed by atoms with E-state index in [-0.39, 0.29) is 4.90 Å². The molecule has 96 valence electrons. The van der Waals surface area contributed by atoms with E-state index in [4.69, 9.17) is 5.73 Å². The molecule has 1 aromatic rings. The second-order valence-electron chi connectivity index (χ2n) is 4.02. The lowest BCUT2D eigenvalue weighted by Crippen LogP contribution is -2.27. The van der Waals surface area contributed by atoms with Crippen LogP contribution in [0.1, 0.15) is 0 Å². The van der Waals surface area contributed by atoms with Gasteiger partial charge in [-0.15, -0.1) is 0 Å². The first-order valence-corrected chi connectivity index (χ1v) is 7.20. The van der Waals surface area contributed by atoms with Gasteiger partial charge in [-0.2, -0.15) is 0 Å². The number of rotatable bonds is 5. The fraction of sp³-hybridized carbons (Fsp3) is 0.455. The van der Waals surface area contributed by atoms with E-state index in [1.165, 1.54) is 12.3 Å².